The van der Waals surface area contributed by atoms with Gasteiger partial charge in [0.1, 0.15) is 12.4 Å². The second-order valence-electron chi connectivity index (χ2n) is 4.27. The summed E-state index contributed by atoms with van der Waals surface area (Å²) in [5, 5.41) is 11.0. The van der Waals surface area contributed by atoms with Crippen LogP contribution < -0.4 is 4.74 Å². The van der Waals surface area contributed by atoms with E-state index in [1.54, 1.807) is 12.1 Å². The van der Waals surface area contributed by atoms with E-state index in [0.29, 0.717) is 16.3 Å². The van der Waals surface area contributed by atoms with Crippen LogP contribution in [0.2, 0.25) is 5.02 Å². The molecule has 4 nitrogen and oxygen atoms in total. The predicted octanol–water partition coefficient (Wildman–Crippen LogP) is 4.27. The molecule has 6 heteroatoms. The smallest absolute Gasteiger partial charge is 0.304 e. The number of halogens is 2. The first-order chi connectivity index (χ1) is 9.47. The van der Waals surface area contributed by atoms with E-state index in [1.165, 1.54) is 6.07 Å². The minimum Gasteiger partial charge on any atom is -0.487 e. The summed E-state index contributed by atoms with van der Waals surface area (Å²) in [5.41, 5.74) is 0.923. The van der Waals surface area contributed by atoms with Crippen LogP contribution in [0.15, 0.2) is 36.4 Å². The molecule has 0 aromatic heterocycles. The lowest BCUT2D eigenvalue weighted by Gasteiger charge is -2.09. The molecule has 104 valence electrons. The standard InChI is InChI=1S/C14H11ClFNO3/c1-9-2-4-11(15)14(6-9)20-8-10-3-5-13(17(18)19)12(16)7-10/h2-7H,8H2,1H3. The highest BCUT2D eigenvalue weighted by atomic mass is 35.5. The summed E-state index contributed by atoms with van der Waals surface area (Å²) in [6, 6.07) is 8.98. The number of nitro benzene ring substituents is 1. The molecular formula is C14H11ClFNO3. The number of ether oxygens (including phenoxy) is 1. The molecule has 0 unspecified atom stereocenters. The van der Waals surface area contributed by atoms with Crippen LogP contribution in [-0.2, 0) is 6.61 Å². The van der Waals surface area contributed by atoms with Gasteiger partial charge in [0.15, 0.2) is 0 Å². The molecule has 2 aromatic rings. The molecule has 0 spiro atoms. The minimum atomic E-state index is -0.883. The lowest BCUT2D eigenvalue weighted by molar-refractivity contribution is -0.387. The summed E-state index contributed by atoms with van der Waals surface area (Å²) in [5.74, 6) is -0.392. The van der Waals surface area contributed by atoms with Crippen molar-refractivity contribution in [3.8, 4) is 5.75 Å². The third-order valence-electron chi connectivity index (χ3n) is 2.69. The molecule has 0 amide bonds. The van der Waals surface area contributed by atoms with Crippen molar-refractivity contribution in [1.82, 2.24) is 0 Å². The van der Waals surface area contributed by atoms with E-state index in [1.807, 2.05) is 13.0 Å². The van der Waals surface area contributed by atoms with Gasteiger partial charge in [-0.2, -0.15) is 4.39 Å². The Hall–Kier alpha value is -2.14. The molecule has 2 rings (SSSR count). The van der Waals surface area contributed by atoms with Crippen molar-refractivity contribution in [2.45, 2.75) is 13.5 Å². The number of nitro groups is 1. The Labute approximate surface area is 119 Å². The normalized spacial score (nSPS) is 10.3. The summed E-state index contributed by atoms with van der Waals surface area (Å²) in [4.78, 5) is 9.74. The molecule has 2 aromatic carbocycles. The first-order valence-corrected chi connectivity index (χ1v) is 6.17. The Balaban J connectivity index is 2.13. The Kier molecular flexibility index (Phi) is 4.20. The van der Waals surface area contributed by atoms with Crippen molar-refractivity contribution in [2.75, 3.05) is 0 Å². The Morgan fingerprint density at radius 1 is 1.30 bits per heavy atom. The van der Waals surface area contributed by atoms with E-state index in [2.05, 4.69) is 0 Å². The van der Waals surface area contributed by atoms with E-state index in [-0.39, 0.29) is 6.61 Å². The van der Waals surface area contributed by atoms with E-state index < -0.39 is 16.4 Å². The molecule has 0 atom stereocenters. The van der Waals surface area contributed by atoms with Crippen LogP contribution in [0.1, 0.15) is 11.1 Å². The fourth-order valence-corrected chi connectivity index (χ4v) is 1.84. The van der Waals surface area contributed by atoms with Gasteiger partial charge in [-0.25, -0.2) is 0 Å². The first kappa shape index (κ1) is 14.3. The van der Waals surface area contributed by atoms with Gasteiger partial charge in [-0.15, -0.1) is 0 Å². The highest BCUT2D eigenvalue weighted by molar-refractivity contribution is 6.32. The maximum atomic E-state index is 13.4. The van der Waals surface area contributed by atoms with Gasteiger partial charge in [0.2, 0.25) is 5.82 Å². The van der Waals surface area contributed by atoms with E-state index in [0.717, 1.165) is 17.7 Å². The summed E-state index contributed by atoms with van der Waals surface area (Å²) in [6.07, 6.45) is 0. The van der Waals surface area contributed by atoms with Crippen molar-refractivity contribution in [3.63, 3.8) is 0 Å². The van der Waals surface area contributed by atoms with Crippen molar-refractivity contribution < 1.29 is 14.1 Å². The molecule has 0 aliphatic rings. The predicted molar refractivity (Wildman–Crippen MR) is 73.6 cm³/mol. The highest BCUT2D eigenvalue weighted by Gasteiger charge is 2.14. The van der Waals surface area contributed by atoms with Crippen LogP contribution in [-0.4, -0.2) is 4.92 Å². The summed E-state index contributed by atoms with van der Waals surface area (Å²) in [6.45, 7) is 1.98. The average Bonchev–Trinajstić information content (AvgIpc) is 2.39. The fourth-order valence-electron chi connectivity index (χ4n) is 1.67. The Bertz CT molecular complexity index is 661. The largest absolute Gasteiger partial charge is 0.487 e. The number of hydrogen-bond donors (Lipinski definition) is 0. The van der Waals surface area contributed by atoms with Crippen LogP contribution in [0.3, 0.4) is 0 Å². The van der Waals surface area contributed by atoms with Crippen molar-refractivity contribution in [3.05, 3.63) is 68.5 Å². The quantitative estimate of drug-likeness (QED) is 0.625. The zero-order valence-electron chi connectivity index (χ0n) is 10.6. The van der Waals surface area contributed by atoms with E-state index in [9.17, 15) is 14.5 Å². The van der Waals surface area contributed by atoms with Gasteiger partial charge in [-0.1, -0.05) is 17.7 Å². The van der Waals surface area contributed by atoms with Crippen molar-refractivity contribution in [2.24, 2.45) is 0 Å². The molecule has 0 fully saturated rings. The molecule has 0 aliphatic carbocycles. The van der Waals surface area contributed by atoms with Gasteiger partial charge in [0, 0.05) is 6.07 Å². The van der Waals surface area contributed by atoms with Gasteiger partial charge < -0.3 is 4.74 Å². The van der Waals surface area contributed by atoms with Gasteiger partial charge >= 0.3 is 5.69 Å². The van der Waals surface area contributed by atoms with Crippen molar-refractivity contribution in [1.29, 1.82) is 0 Å². The van der Waals surface area contributed by atoms with Crippen LogP contribution in [0.25, 0.3) is 0 Å². The van der Waals surface area contributed by atoms with Crippen LogP contribution in [0.5, 0.6) is 5.75 Å². The maximum Gasteiger partial charge on any atom is 0.304 e. The molecule has 0 bridgehead atoms. The summed E-state index contributed by atoms with van der Waals surface area (Å²) >= 11 is 5.97. The Morgan fingerprint density at radius 2 is 2.05 bits per heavy atom. The molecule has 20 heavy (non-hydrogen) atoms. The van der Waals surface area contributed by atoms with Crippen LogP contribution in [0, 0.1) is 22.9 Å². The number of nitrogens with zero attached hydrogens (tertiary/aromatic N) is 1. The van der Waals surface area contributed by atoms with Gasteiger partial charge in [0.25, 0.3) is 0 Å². The van der Waals surface area contributed by atoms with Gasteiger partial charge in [-0.3, -0.25) is 10.1 Å². The summed E-state index contributed by atoms with van der Waals surface area (Å²) in [7, 11) is 0. The molecule has 0 radical (unpaired) electrons. The SMILES string of the molecule is Cc1ccc(Cl)c(OCc2ccc([N+](=O)[O-])c(F)c2)c1. The number of hydrogen-bond acceptors (Lipinski definition) is 3. The molecule has 0 heterocycles. The monoisotopic (exact) mass is 295 g/mol. The molecular weight excluding hydrogens is 285 g/mol. The molecule has 0 aliphatic heterocycles. The summed E-state index contributed by atoms with van der Waals surface area (Å²) < 4.78 is 18.9. The van der Waals surface area contributed by atoms with E-state index in [4.69, 9.17) is 16.3 Å². The topological polar surface area (TPSA) is 52.4 Å². The average molecular weight is 296 g/mol. The maximum absolute atomic E-state index is 13.4. The lowest BCUT2D eigenvalue weighted by atomic mass is 10.2. The van der Waals surface area contributed by atoms with E-state index >= 15 is 0 Å². The first-order valence-electron chi connectivity index (χ1n) is 5.79. The minimum absolute atomic E-state index is 0.0814. The van der Waals surface area contributed by atoms with Crippen LogP contribution >= 0.6 is 11.6 Å². The molecule has 0 N–H and O–H groups in total. The van der Waals surface area contributed by atoms with Crippen LogP contribution in [0.4, 0.5) is 10.1 Å². The third kappa shape index (κ3) is 3.24. The second kappa shape index (κ2) is 5.88. The number of benzene rings is 2. The highest BCUT2D eigenvalue weighted by Crippen LogP contribution is 2.26. The van der Waals surface area contributed by atoms with Gasteiger partial charge in [-0.05, 0) is 42.3 Å². The molecule has 0 saturated carbocycles. The van der Waals surface area contributed by atoms with Gasteiger partial charge in [0.05, 0.1) is 9.95 Å². The second-order valence-corrected chi connectivity index (χ2v) is 4.67. The zero-order chi connectivity index (χ0) is 14.7. The third-order valence-corrected chi connectivity index (χ3v) is 3.00. The van der Waals surface area contributed by atoms with Crippen molar-refractivity contribution >= 4 is 17.3 Å². The number of aryl methyl sites for hydroxylation is 1. The molecule has 0 saturated heterocycles. The lowest BCUT2D eigenvalue weighted by Crippen LogP contribution is -1.99. The number of rotatable bonds is 4. The zero-order valence-corrected chi connectivity index (χ0v) is 11.4. The Morgan fingerprint density at radius 3 is 2.70 bits per heavy atom. The fraction of sp³-hybridized carbons (Fsp3) is 0.143.